The van der Waals surface area contributed by atoms with Crippen LogP contribution in [-0.2, 0) is 154 Å². The maximum Gasteiger partial charge on any atom is 0.416 e. The third kappa shape index (κ3) is 19.7. The molecule has 13 rings (SSSR count). The average Bonchev–Trinajstić information content (AvgIpc) is 1.61. The van der Waals surface area contributed by atoms with Crippen molar-refractivity contribution in [3.8, 4) is 34.5 Å². The SMILES string of the molecule is COC(=O)[C@H]1O[C@@H](Oc2ccc(COC(=O)N3c4cc(OCc5cc(COc6cc7c(cc6OC)C(=O)N6Cc8ccsc8C[C@H]6C(O)N7C(=O)OCc6ccc(O[C@@H]7O[C@H](C(=O)OC)[C@@H](OC(C)=O)[C@H](OC(C)=O)[C@H]7OC(C)=O)cc6)cc(CN(C)C)c5)c(OC)cc4C(=O)N4Cc5ccsc5C[C@H]4C3O)cc2)[C@H](OC(C)=O)[C@@H](OC(C)=O)[C@@H]1OC(C)=O. The van der Waals surface area contributed by atoms with E-state index in [0.29, 0.717) is 28.8 Å². The molecule has 0 radical (unpaired) electrons. The molecule has 0 bridgehead atoms. The van der Waals surface area contributed by atoms with E-state index >= 15 is 9.59 Å². The van der Waals surface area contributed by atoms with Crippen LogP contribution in [0, 0.1) is 0 Å². The number of hydrogen-bond donors (Lipinski definition) is 2. The van der Waals surface area contributed by atoms with Crippen LogP contribution < -0.4 is 38.2 Å². The molecule has 4 amide bonds. The van der Waals surface area contributed by atoms with E-state index in [-0.39, 0.29) is 96.1 Å². The Balaban J connectivity index is 0.748. The third-order valence-corrected chi connectivity index (χ3v) is 22.7. The summed E-state index contributed by atoms with van der Waals surface area (Å²) in [6.07, 6.45) is -21.8. The van der Waals surface area contributed by atoms with E-state index in [1.165, 1.54) is 119 Å². The molecule has 2 aromatic heterocycles. The van der Waals surface area contributed by atoms with E-state index in [0.717, 1.165) is 92.0 Å². The second kappa shape index (κ2) is 38.4. The van der Waals surface area contributed by atoms with Crippen LogP contribution in [0.2, 0.25) is 0 Å². The minimum Gasteiger partial charge on any atom is -0.493 e. The molecular formula is C85H89N5O32S2. The molecule has 14 atom stereocenters. The minimum atomic E-state index is -1.73. The maximum atomic E-state index is 15.0. The molecule has 2 N–H and O–H groups in total. The van der Waals surface area contributed by atoms with Gasteiger partial charge in [0.1, 0.15) is 37.9 Å². The first-order chi connectivity index (χ1) is 59.3. The Morgan fingerprint density at radius 2 is 0.790 bits per heavy atom. The highest BCUT2D eigenvalue weighted by atomic mass is 32.1. The summed E-state index contributed by atoms with van der Waals surface area (Å²) in [5, 5.41) is 29.0. The van der Waals surface area contributed by atoms with Crippen molar-refractivity contribution < 1.29 is 153 Å². The number of carbonyl (C=O) groups excluding carboxylic acids is 12. The number of ether oxygens (including phenoxy) is 18. The summed E-state index contributed by atoms with van der Waals surface area (Å²) in [6, 6.07) is 24.9. The van der Waals surface area contributed by atoms with E-state index in [2.05, 4.69) is 0 Å². The molecule has 0 aliphatic carbocycles. The topological polar surface area (TPSA) is 428 Å². The highest BCUT2D eigenvalue weighted by Gasteiger charge is 2.58. The van der Waals surface area contributed by atoms with E-state index in [9.17, 15) is 58.2 Å². The van der Waals surface area contributed by atoms with Crippen molar-refractivity contribution in [2.75, 3.05) is 52.3 Å². The lowest BCUT2D eigenvalue weighted by Crippen LogP contribution is -2.64. The quantitative estimate of drug-likeness (QED) is 0.0397. The van der Waals surface area contributed by atoms with E-state index in [1.54, 1.807) is 0 Å². The number of hydrogen-bond acceptors (Lipinski definition) is 35. The summed E-state index contributed by atoms with van der Waals surface area (Å²) < 4.78 is 104. The predicted molar refractivity (Wildman–Crippen MR) is 428 cm³/mol. The fraction of sp³-hybridized carbons (Fsp3) is 0.412. The summed E-state index contributed by atoms with van der Waals surface area (Å²) in [5.41, 5.74) is 4.23. The smallest absolute Gasteiger partial charge is 0.416 e. The number of anilines is 2. The number of aliphatic hydroxyl groups is 2. The minimum absolute atomic E-state index is 0.0323. The zero-order valence-electron chi connectivity index (χ0n) is 69.1. The number of aliphatic hydroxyl groups excluding tert-OH is 2. The average molecular weight is 1760 g/mol. The summed E-state index contributed by atoms with van der Waals surface area (Å²) in [4.78, 5) is 169. The molecule has 6 aliphatic heterocycles. The van der Waals surface area contributed by atoms with Crippen molar-refractivity contribution in [1.82, 2.24) is 14.7 Å². The van der Waals surface area contributed by atoms with E-state index in [4.69, 9.17) is 85.3 Å². The van der Waals surface area contributed by atoms with Crippen LogP contribution in [-0.4, -0.2) is 225 Å². The third-order valence-electron chi connectivity index (χ3n) is 20.8. The van der Waals surface area contributed by atoms with Gasteiger partial charge < -0.3 is 110 Å². The summed E-state index contributed by atoms with van der Waals surface area (Å²) >= 11 is 2.89. The van der Waals surface area contributed by atoms with Gasteiger partial charge in [-0.2, -0.15) is 0 Å². The van der Waals surface area contributed by atoms with Crippen LogP contribution in [0.5, 0.6) is 34.5 Å². The Morgan fingerprint density at radius 1 is 0.435 bits per heavy atom. The molecule has 37 nitrogen and oxygen atoms in total. The molecule has 8 heterocycles. The molecule has 658 valence electrons. The van der Waals surface area contributed by atoms with E-state index < -0.39 is 171 Å². The number of nitrogens with zero attached hydrogens (tertiary/aromatic N) is 5. The first kappa shape index (κ1) is 89.1. The van der Waals surface area contributed by atoms with Gasteiger partial charge in [-0.15, -0.1) is 22.7 Å². The largest absolute Gasteiger partial charge is 0.493 e. The molecule has 124 heavy (non-hydrogen) atoms. The van der Waals surface area contributed by atoms with Gasteiger partial charge >= 0.3 is 59.9 Å². The molecule has 7 aromatic rings. The van der Waals surface area contributed by atoms with Crippen molar-refractivity contribution in [1.29, 1.82) is 0 Å². The van der Waals surface area contributed by atoms with Gasteiger partial charge in [-0.3, -0.25) is 38.4 Å². The van der Waals surface area contributed by atoms with Crippen LogP contribution in [0.1, 0.15) is 111 Å². The standard InChI is InChI=1S/C85H89N5O32S2/c1-41(91)113-68-70(115-43(3)93)74(117-45(5)95)82(121-72(68)80(101)107-11)119-54-17-13-47(14-18-54)37-111-84(103)89-58-30-64(62(105-9)28-56(58)76(97)87-35-52-21-23-123-66(52)32-60(87)78(89)99)109-39-50-25-49(34-86(7)8)26-51(27-50)40-110-65-31-59-57(29-63(65)106-10)77(98)88-36-53-22-24-124-67(53)33-61(88)79(100)90(59)85(104)112-38-48-15-19-55(20-16-48)120-83-75(118-46(6)96)71(116-44(4)94)69(114-42(2)92)73(122-83)81(102)108-12/h13-31,60-61,68-75,78-79,82-83,99-100H,32-40H2,1-12H3/t60-,61-,68-,69-,70-,71-,72-,73-,74+,75+,78?,79?,82+,83+/m0/s1. The monoisotopic (exact) mass is 1760 g/mol. The van der Waals surface area contributed by atoms with Crippen molar-refractivity contribution in [3.05, 3.63) is 174 Å². The highest BCUT2D eigenvalue weighted by Crippen LogP contribution is 2.46. The Morgan fingerprint density at radius 3 is 1.14 bits per heavy atom. The van der Waals surface area contributed by atoms with Gasteiger partial charge in [0.25, 0.3) is 11.8 Å². The molecule has 2 unspecified atom stereocenters. The normalized spacial score (nSPS) is 22.9. The number of fused-ring (bicyclic) bond motifs is 6. The van der Waals surface area contributed by atoms with Crippen LogP contribution >= 0.6 is 22.7 Å². The Hall–Kier alpha value is -12.7. The van der Waals surface area contributed by atoms with Crippen LogP contribution in [0.15, 0.2) is 114 Å². The molecule has 6 aliphatic rings. The van der Waals surface area contributed by atoms with Crippen LogP contribution in [0.25, 0.3) is 0 Å². The number of benzene rings is 5. The molecule has 0 spiro atoms. The zero-order chi connectivity index (χ0) is 88.8. The lowest BCUT2D eigenvalue weighted by molar-refractivity contribution is -0.282. The van der Waals surface area contributed by atoms with Crippen molar-refractivity contribution in [3.63, 3.8) is 0 Å². The fourth-order valence-corrected chi connectivity index (χ4v) is 17.3. The molecular weight excluding hydrogens is 1670 g/mol. The second-order valence-corrected chi connectivity index (χ2v) is 31.7. The summed E-state index contributed by atoms with van der Waals surface area (Å²) in [6.45, 7) is 5.76. The van der Waals surface area contributed by atoms with Crippen LogP contribution in [0.4, 0.5) is 21.0 Å². The molecule has 2 saturated heterocycles. The Kier molecular flexibility index (Phi) is 27.6. The van der Waals surface area contributed by atoms with Gasteiger partial charge in [-0.1, -0.05) is 36.4 Å². The number of carbonyl (C=O) groups is 12. The first-order valence-electron chi connectivity index (χ1n) is 38.8. The van der Waals surface area contributed by atoms with Crippen LogP contribution in [0.3, 0.4) is 0 Å². The lowest BCUT2D eigenvalue weighted by atomic mass is 9.97. The summed E-state index contributed by atoms with van der Waals surface area (Å²) in [5.74, 6) is -8.10. The number of methoxy groups -OCH3 is 4. The van der Waals surface area contributed by atoms with Gasteiger partial charge in [-0.05, 0) is 118 Å². The van der Waals surface area contributed by atoms with Gasteiger partial charge in [0, 0.05) is 95.9 Å². The van der Waals surface area contributed by atoms with Crippen molar-refractivity contribution >= 4 is 106 Å². The Bertz CT molecular complexity index is 4920. The number of rotatable bonds is 26. The fourth-order valence-electron chi connectivity index (χ4n) is 15.4. The Labute approximate surface area is 717 Å². The number of thiophene rings is 2. The molecule has 5 aromatic carbocycles. The van der Waals surface area contributed by atoms with Gasteiger partial charge in [0.2, 0.25) is 24.8 Å². The number of esters is 8. The molecule has 2 fully saturated rings. The van der Waals surface area contributed by atoms with Crippen molar-refractivity contribution in [2.45, 2.75) is 186 Å². The number of amides is 4. The lowest BCUT2D eigenvalue weighted by Gasteiger charge is -2.43. The van der Waals surface area contributed by atoms with Crippen molar-refractivity contribution in [2.24, 2.45) is 0 Å². The van der Waals surface area contributed by atoms with Gasteiger partial charge in [0.15, 0.2) is 72.1 Å². The molecule has 0 saturated carbocycles. The molecule has 39 heteroatoms. The maximum absolute atomic E-state index is 15.0. The second-order valence-electron chi connectivity index (χ2n) is 29.7. The predicted octanol–water partition coefficient (Wildman–Crippen LogP) is 7.27. The van der Waals surface area contributed by atoms with Gasteiger partial charge in [-0.25, -0.2) is 29.0 Å². The first-order valence-corrected chi connectivity index (χ1v) is 40.5. The summed E-state index contributed by atoms with van der Waals surface area (Å²) in [7, 11) is 8.61. The highest BCUT2D eigenvalue weighted by molar-refractivity contribution is 7.10. The van der Waals surface area contributed by atoms with E-state index in [1.807, 2.05) is 60.1 Å². The van der Waals surface area contributed by atoms with Gasteiger partial charge in [0.05, 0.1) is 63.0 Å². The zero-order valence-corrected chi connectivity index (χ0v) is 70.7.